The Kier molecular flexibility index (Phi) is 3.20. The highest BCUT2D eigenvalue weighted by molar-refractivity contribution is 5.83. The maximum absolute atomic E-state index is 11.9. The molecule has 1 amide bonds. The van der Waals surface area contributed by atoms with Gasteiger partial charge in [-0.2, -0.15) is 0 Å². The summed E-state index contributed by atoms with van der Waals surface area (Å²) in [5.41, 5.74) is 8.74. The number of hydrogen-bond donors (Lipinski definition) is 2. The number of anilines is 2. The number of benzene rings is 1. The Bertz CT molecular complexity index is 463. The Morgan fingerprint density at radius 3 is 2.83 bits per heavy atom. The van der Waals surface area contributed by atoms with Gasteiger partial charge < -0.3 is 16.0 Å². The van der Waals surface area contributed by atoms with Crippen LogP contribution in [0.15, 0.2) is 18.2 Å². The molecule has 0 atom stereocenters. The molecule has 0 aliphatic carbocycles. The quantitative estimate of drug-likeness (QED) is 0.779. The molecule has 2 rings (SSSR count). The van der Waals surface area contributed by atoms with Crippen molar-refractivity contribution in [2.24, 2.45) is 0 Å². The summed E-state index contributed by atoms with van der Waals surface area (Å²) in [4.78, 5) is 14.0. The van der Waals surface area contributed by atoms with Crippen LogP contribution < -0.4 is 16.0 Å². The molecule has 1 aliphatic heterocycles. The highest BCUT2D eigenvalue weighted by Crippen LogP contribution is 2.29. The number of nitrogens with zero attached hydrogens (tertiary/aromatic N) is 1. The first-order valence-corrected chi connectivity index (χ1v) is 6.29. The highest BCUT2D eigenvalue weighted by atomic mass is 16.2. The van der Waals surface area contributed by atoms with E-state index in [1.165, 1.54) is 5.56 Å². The molecular weight excluding hydrogens is 226 g/mol. The smallest absolute Gasteiger partial charge is 0.239 e. The summed E-state index contributed by atoms with van der Waals surface area (Å²) < 4.78 is 0. The second-order valence-electron chi connectivity index (χ2n) is 5.86. The maximum Gasteiger partial charge on any atom is 0.239 e. The molecule has 1 aliphatic rings. The van der Waals surface area contributed by atoms with Crippen molar-refractivity contribution >= 4 is 17.3 Å². The van der Waals surface area contributed by atoms with Crippen molar-refractivity contribution < 1.29 is 4.79 Å². The van der Waals surface area contributed by atoms with Crippen molar-refractivity contribution in [1.82, 2.24) is 5.32 Å². The number of carbonyl (C=O) groups excluding carboxylic acids is 1. The molecule has 4 heteroatoms. The first-order valence-electron chi connectivity index (χ1n) is 6.29. The van der Waals surface area contributed by atoms with Crippen LogP contribution in [0.4, 0.5) is 11.4 Å². The van der Waals surface area contributed by atoms with E-state index in [0.717, 1.165) is 24.3 Å². The zero-order valence-corrected chi connectivity index (χ0v) is 11.3. The van der Waals surface area contributed by atoms with E-state index in [1.54, 1.807) is 0 Å². The van der Waals surface area contributed by atoms with E-state index in [9.17, 15) is 4.79 Å². The Labute approximate surface area is 108 Å². The van der Waals surface area contributed by atoms with Gasteiger partial charge in [-0.25, -0.2) is 0 Å². The maximum atomic E-state index is 11.9. The van der Waals surface area contributed by atoms with Crippen LogP contribution in [-0.4, -0.2) is 24.5 Å². The molecule has 3 N–H and O–H groups in total. The highest BCUT2D eigenvalue weighted by Gasteiger charge is 2.22. The Morgan fingerprint density at radius 2 is 2.17 bits per heavy atom. The van der Waals surface area contributed by atoms with Gasteiger partial charge in [0.15, 0.2) is 0 Å². The van der Waals surface area contributed by atoms with Crippen LogP contribution in [-0.2, 0) is 11.2 Å². The predicted molar refractivity (Wildman–Crippen MR) is 74.7 cm³/mol. The summed E-state index contributed by atoms with van der Waals surface area (Å²) in [6.07, 6.45) is 0.961. The summed E-state index contributed by atoms with van der Waals surface area (Å²) in [6, 6.07) is 5.89. The summed E-state index contributed by atoms with van der Waals surface area (Å²) in [5, 5.41) is 2.98. The standard InChI is InChI=1S/C14H21N3O/c1-14(2,3)16-13(18)9-17-7-6-10-8-11(15)4-5-12(10)17/h4-5,8H,6-7,9,15H2,1-3H3,(H,16,18). The summed E-state index contributed by atoms with van der Waals surface area (Å²) in [6.45, 7) is 7.26. The summed E-state index contributed by atoms with van der Waals surface area (Å²) >= 11 is 0. The zero-order valence-electron chi connectivity index (χ0n) is 11.3. The fourth-order valence-corrected chi connectivity index (χ4v) is 2.29. The molecule has 0 radical (unpaired) electrons. The lowest BCUT2D eigenvalue weighted by Crippen LogP contribution is -2.45. The second kappa shape index (κ2) is 4.52. The van der Waals surface area contributed by atoms with Crippen LogP contribution in [0, 0.1) is 0 Å². The monoisotopic (exact) mass is 247 g/mol. The molecule has 1 heterocycles. The molecule has 0 fully saturated rings. The summed E-state index contributed by atoms with van der Waals surface area (Å²) in [5.74, 6) is 0.0622. The molecule has 0 spiro atoms. The first-order chi connectivity index (χ1) is 8.35. The number of carbonyl (C=O) groups is 1. The van der Waals surface area contributed by atoms with Gasteiger partial charge in [-0.3, -0.25) is 4.79 Å². The minimum absolute atomic E-state index is 0.0622. The van der Waals surface area contributed by atoms with Gasteiger partial charge in [-0.15, -0.1) is 0 Å². The van der Waals surface area contributed by atoms with Crippen molar-refractivity contribution in [1.29, 1.82) is 0 Å². The van der Waals surface area contributed by atoms with Crippen LogP contribution in [0.1, 0.15) is 26.3 Å². The van der Waals surface area contributed by atoms with E-state index in [-0.39, 0.29) is 11.4 Å². The lowest BCUT2D eigenvalue weighted by atomic mass is 10.1. The van der Waals surface area contributed by atoms with Crippen LogP contribution in [0.2, 0.25) is 0 Å². The van der Waals surface area contributed by atoms with Gasteiger partial charge in [0.2, 0.25) is 5.91 Å². The average Bonchev–Trinajstić information content (AvgIpc) is 2.57. The third-order valence-electron chi connectivity index (χ3n) is 2.94. The Balaban J connectivity index is 2.04. The van der Waals surface area contributed by atoms with Crippen LogP contribution in [0.3, 0.4) is 0 Å². The molecule has 1 aromatic rings. The van der Waals surface area contributed by atoms with Gasteiger partial charge in [0, 0.05) is 23.5 Å². The van der Waals surface area contributed by atoms with E-state index in [0.29, 0.717) is 6.54 Å². The normalized spacial score (nSPS) is 14.5. The van der Waals surface area contributed by atoms with Crippen molar-refractivity contribution in [3.8, 4) is 0 Å². The molecule has 0 saturated heterocycles. The average molecular weight is 247 g/mol. The number of nitrogens with two attached hydrogens (primary N) is 1. The van der Waals surface area contributed by atoms with Crippen LogP contribution in [0.25, 0.3) is 0 Å². The number of rotatable bonds is 2. The number of hydrogen-bond acceptors (Lipinski definition) is 3. The van der Waals surface area contributed by atoms with Gasteiger partial charge in [0.25, 0.3) is 0 Å². The topological polar surface area (TPSA) is 58.4 Å². The lowest BCUT2D eigenvalue weighted by Gasteiger charge is -2.24. The van der Waals surface area contributed by atoms with E-state index in [1.807, 2.05) is 39.0 Å². The molecular formula is C14H21N3O. The third-order valence-corrected chi connectivity index (χ3v) is 2.94. The fraction of sp³-hybridized carbons (Fsp3) is 0.500. The fourth-order valence-electron chi connectivity index (χ4n) is 2.29. The Hall–Kier alpha value is -1.71. The van der Waals surface area contributed by atoms with Crippen LogP contribution in [0.5, 0.6) is 0 Å². The molecule has 4 nitrogen and oxygen atoms in total. The summed E-state index contributed by atoms with van der Waals surface area (Å²) in [7, 11) is 0. The lowest BCUT2D eigenvalue weighted by molar-refractivity contribution is -0.121. The third kappa shape index (κ3) is 2.94. The molecule has 18 heavy (non-hydrogen) atoms. The number of nitrogens with one attached hydrogen (secondary N) is 1. The minimum Gasteiger partial charge on any atom is -0.399 e. The number of amides is 1. The molecule has 0 unspecified atom stereocenters. The first kappa shape index (κ1) is 12.7. The SMILES string of the molecule is CC(C)(C)NC(=O)CN1CCc2cc(N)ccc21. The van der Waals surface area contributed by atoms with Gasteiger partial charge in [0.1, 0.15) is 0 Å². The van der Waals surface area contributed by atoms with Crippen molar-refractivity contribution in [3.05, 3.63) is 23.8 Å². The van der Waals surface area contributed by atoms with Gasteiger partial charge in [-0.05, 0) is 51.0 Å². The minimum atomic E-state index is -0.180. The van der Waals surface area contributed by atoms with Gasteiger partial charge >= 0.3 is 0 Å². The van der Waals surface area contributed by atoms with E-state index < -0.39 is 0 Å². The molecule has 0 aromatic heterocycles. The van der Waals surface area contributed by atoms with E-state index in [2.05, 4.69) is 10.2 Å². The zero-order chi connectivity index (χ0) is 13.3. The van der Waals surface area contributed by atoms with Gasteiger partial charge in [-0.1, -0.05) is 0 Å². The largest absolute Gasteiger partial charge is 0.399 e. The van der Waals surface area contributed by atoms with E-state index >= 15 is 0 Å². The number of fused-ring (bicyclic) bond motifs is 1. The molecule has 0 saturated carbocycles. The van der Waals surface area contributed by atoms with Crippen LogP contribution >= 0.6 is 0 Å². The second-order valence-corrected chi connectivity index (χ2v) is 5.86. The molecule has 98 valence electrons. The van der Waals surface area contributed by atoms with Crippen molar-refractivity contribution in [2.75, 3.05) is 23.7 Å². The molecule has 1 aromatic carbocycles. The van der Waals surface area contributed by atoms with Crippen molar-refractivity contribution in [3.63, 3.8) is 0 Å². The predicted octanol–water partition coefficient (Wildman–Crippen LogP) is 1.55. The van der Waals surface area contributed by atoms with Crippen molar-refractivity contribution in [2.45, 2.75) is 32.7 Å². The van der Waals surface area contributed by atoms with E-state index in [4.69, 9.17) is 5.73 Å². The Morgan fingerprint density at radius 1 is 1.44 bits per heavy atom. The molecule has 0 bridgehead atoms. The van der Waals surface area contributed by atoms with Gasteiger partial charge in [0.05, 0.1) is 6.54 Å². The number of nitrogen functional groups attached to an aromatic ring is 1.